The van der Waals surface area contributed by atoms with E-state index in [0.717, 1.165) is 22.7 Å². The zero-order chi connectivity index (χ0) is 19.5. The summed E-state index contributed by atoms with van der Waals surface area (Å²) in [4.78, 5) is 0. The molecular formula is C19H14BrCl2F3O. The first-order valence-corrected chi connectivity index (χ1v) is 8.96. The van der Waals surface area contributed by atoms with Crippen molar-refractivity contribution in [2.45, 2.75) is 18.2 Å². The maximum absolute atomic E-state index is 13.7. The van der Waals surface area contributed by atoms with Crippen LogP contribution in [0, 0.1) is 0 Å². The fourth-order valence-corrected chi connectivity index (χ4v) is 3.29. The summed E-state index contributed by atoms with van der Waals surface area (Å²) >= 11 is 15.0. The van der Waals surface area contributed by atoms with E-state index in [2.05, 4.69) is 22.5 Å². The molecule has 0 radical (unpaired) electrons. The molecule has 2 rings (SSSR count). The van der Waals surface area contributed by atoms with E-state index >= 15 is 0 Å². The van der Waals surface area contributed by atoms with Crippen molar-refractivity contribution >= 4 is 44.7 Å². The Morgan fingerprint density at radius 2 is 1.62 bits per heavy atom. The Morgan fingerprint density at radius 1 is 1.08 bits per heavy atom. The number of alkyl halides is 3. The smallest absolute Gasteiger partial charge is 0.381 e. The van der Waals surface area contributed by atoms with Gasteiger partial charge in [-0.05, 0) is 47.5 Å². The summed E-state index contributed by atoms with van der Waals surface area (Å²) in [7, 11) is 0. The number of hydrogen-bond donors (Lipinski definition) is 1. The Balaban J connectivity index is 2.68. The molecule has 1 unspecified atom stereocenters. The molecule has 2 aromatic carbocycles. The number of aliphatic hydroxyl groups is 1. The lowest BCUT2D eigenvalue weighted by Gasteiger charge is -2.26. The quantitative estimate of drug-likeness (QED) is 0.464. The molecule has 0 bridgehead atoms. The number of benzene rings is 2. The number of allylic oxidation sites excluding steroid dienone is 1. The summed E-state index contributed by atoms with van der Waals surface area (Å²) in [6, 6.07) is 10.0. The van der Waals surface area contributed by atoms with E-state index in [1.807, 2.05) is 0 Å². The fraction of sp³-hybridized carbons (Fsp3) is 0.158. The second kappa shape index (κ2) is 8.17. The van der Waals surface area contributed by atoms with Crippen LogP contribution < -0.4 is 0 Å². The van der Waals surface area contributed by atoms with E-state index in [1.54, 1.807) is 24.3 Å². The van der Waals surface area contributed by atoms with Crippen molar-refractivity contribution in [3.05, 3.63) is 86.8 Å². The van der Waals surface area contributed by atoms with Gasteiger partial charge in [0.25, 0.3) is 0 Å². The Hall–Kier alpha value is -1.27. The highest BCUT2D eigenvalue weighted by molar-refractivity contribution is 9.10. The van der Waals surface area contributed by atoms with Gasteiger partial charge in [0, 0.05) is 20.9 Å². The Morgan fingerprint density at radius 3 is 2.08 bits per heavy atom. The summed E-state index contributed by atoms with van der Waals surface area (Å²) in [6.07, 6.45) is -2.70. The average Bonchev–Trinajstić information content (AvgIpc) is 2.51. The fourth-order valence-electron chi connectivity index (χ4n) is 2.50. The normalized spacial score (nSPS) is 14.8. The van der Waals surface area contributed by atoms with Gasteiger partial charge in [0.2, 0.25) is 0 Å². The monoisotopic (exact) mass is 464 g/mol. The van der Waals surface area contributed by atoms with Gasteiger partial charge in [0.15, 0.2) is 0 Å². The molecule has 138 valence electrons. The molecule has 0 aliphatic rings. The van der Waals surface area contributed by atoms with E-state index in [-0.39, 0.29) is 22.0 Å². The lowest BCUT2D eigenvalue weighted by molar-refractivity contribution is -0.0703. The van der Waals surface area contributed by atoms with Crippen LogP contribution in [0.2, 0.25) is 10.0 Å². The van der Waals surface area contributed by atoms with Crippen molar-refractivity contribution in [3.8, 4) is 0 Å². The van der Waals surface area contributed by atoms with E-state index < -0.39 is 17.4 Å². The summed E-state index contributed by atoms with van der Waals surface area (Å²) in [5.41, 5.74) is -2.86. The molecular weight excluding hydrogens is 452 g/mol. The second-order valence-corrected chi connectivity index (χ2v) is 7.43. The van der Waals surface area contributed by atoms with Gasteiger partial charge < -0.3 is 5.11 Å². The first-order chi connectivity index (χ1) is 12.0. The SMILES string of the molecule is C=CCC(O)(/C=C(\c1cc(Cl)cc(Cl)c1)C(F)(F)F)c1ccc(Br)cc1. The van der Waals surface area contributed by atoms with E-state index in [4.69, 9.17) is 23.2 Å². The summed E-state index contributed by atoms with van der Waals surface area (Å²) in [5, 5.41) is 11.1. The molecule has 0 aromatic heterocycles. The minimum absolute atomic E-state index is 0.0681. The number of halogens is 6. The zero-order valence-electron chi connectivity index (χ0n) is 13.3. The Labute approximate surface area is 167 Å². The van der Waals surface area contributed by atoms with Crippen LogP contribution in [0.3, 0.4) is 0 Å². The number of hydrogen-bond acceptors (Lipinski definition) is 1. The molecule has 0 saturated carbocycles. The van der Waals surface area contributed by atoms with Gasteiger partial charge in [0.05, 0.1) is 5.57 Å². The van der Waals surface area contributed by atoms with Gasteiger partial charge in [-0.2, -0.15) is 13.2 Å². The van der Waals surface area contributed by atoms with E-state index in [1.165, 1.54) is 12.1 Å². The molecule has 2 aromatic rings. The van der Waals surface area contributed by atoms with Gasteiger partial charge in [0.1, 0.15) is 5.60 Å². The van der Waals surface area contributed by atoms with Gasteiger partial charge in [-0.3, -0.25) is 0 Å². The van der Waals surface area contributed by atoms with Crippen molar-refractivity contribution in [2.24, 2.45) is 0 Å². The molecule has 0 amide bonds. The highest BCUT2D eigenvalue weighted by atomic mass is 79.9. The molecule has 0 aliphatic carbocycles. The van der Waals surface area contributed by atoms with Crippen LogP contribution in [0.4, 0.5) is 13.2 Å². The third kappa shape index (κ3) is 5.13. The van der Waals surface area contributed by atoms with Crippen molar-refractivity contribution in [3.63, 3.8) is 0 Å². The van der Waals surface area contributed by atoms with Gasteiger partial charge in [-0.1, -0.05) is 57.3 Å². The Kier molecular flexibility index (Phi) is 6.61. The zero-order valence-corrected chi connectivity index (χ0v) is 16.4. The molecule has 0 spiro atoms. The van der Waals surface area contributed by atoms with Crippen LogP contribution in [0.5, 0.6) is 0 Å². The highest BCUT2D eigenvalue weighted by Crippen LogP contribution is 2.40. The molecule has 0 saturated heterocycles. The van der Waals surface area contributed by atoms with Crippen LogP contribution in [0.25, 0.3) is 5.57 Å². The summed E-state index contributed by atoms with van der Waals surface area (Å²) in [6.45, 7) is 3.54. The summed E-state index contributed by atoms with van der Waals surface area (Å²) in [5.74, 6) is 0. The van der Waals surface area contributed by atoms with Crippen molar-refractivity contribution in [2.75, 3.05) is 0 Å². The van der Waals surface area contributed by atoms with Crippen molar-refractivity contribution in [1.29, 1.82) is 0 Å². The standard InChI is InChI=1S/C19H14BrCl2F3O/c1-2-7-18(26,13-3-5-14(20)6-4-13)11-17(19(23,24)25)12-8-15(21)10-16(22)9-12/h2-6,8-11,26H,1,7H2/b17-11+. The highest BCUT2D eigenvalue weighted by Gasteiger charge is 2.38. The third-order valence-corrected chi connectivity index (χ3v) is 4.63. The van der Waals surface area contributed by atoms with Crippen molar-refractivity contribution in [1.82, 2.24) is 0 Å². The molecule has 0 aliphatic heterocycles. The maximum atomic E-state index is 13.7. The van der Waals surface area contributed by atoms with Gasteiger partial charge in [-0.15, -0.1) is 6.58 Å². The van der Waals surface area contributed by atoms with Crippen LogP contribution >= 0.6 is 39.1 Å². The van der Waals surface area contributed by atoms with Crippen LogP contribution in [-0.4, -0.2) is 11.3 Å². The minimum atomic E-state index is -4.72. The van der Waals surface area contributed by atoms with Crippen LogP contribution in [0.1, 0.15) is 17.5 Å². The predicted octanol–water partition coefficient (Wildman–Crippen LogP) is 7.17. The summed E-state index contributed by atoms with van der Waals surface area (Å²) < 4.78 is 41.9. The third-order valence-electron chi connectivity index (χ3n) is 3.66. The minimum Gasteiger partial charge on any atom is -0.381 e. The molecule has 26 heavy (non-hydrogen) atoms. The topological polar surface area (TPSA) is 20.2 Å². The second-order valence-electron chi connectivity index (χ2n) is 5.64. The van der Waals surface area contributed by atoms with Gasteiger partial charge >= 0.3 is 6.18 Å². The molecule has 1 atom stereocenters. The van der Waals surface area contributed by atoms with Crippen LogP contribution in [-0.2, 0) is 5.60 Å². The first-order valence-electron chi connectivity index (χ1n) is 7.41. The molecule has 7 heteroatoms. The van der Waals surface area contributed by atoms with E-state index in [9.17, 15) is 18.3 Å². The average molecular weight is 466 g/mol. The molecule has 1 nitrogen and oxygen atoms in total. The van der Waals surface area contributed by atoms with E-state index in [0.29, 0.717) is 5.56 Å². The van der Waals surface area contributed by atoms with Crippen LogP contribution in [0.15, 0.2) is 65.7 Å². The molecule has 0 fully saturated rings. The Bertz CT molecular complexity index is 811. The number of rotatable bonds is 5. The van der Waals surface area contributed by atoms with Crippen molar-refractivity contribution < 1.29 is 18.3 Å². The maximum Gasteiger partial charge on any atom is 0.416 e. The lowest BCUT2D eigenvalue weighted by atomic mass is 9.87. The predicted molar refractivity (Wildman–Crippen MR) is 103 cm³/mol. The largest absolute Gasteiger partial charge is 0.416 e. The lowest BCUT2D eigenvalue weighted by Crippen LogP contribution is -2.25. The first kappa shape index (κ1) is 21.0. The van der Waals surface area contributed by atoms with Gasteiger partial charge in [-0.25, -0.2) is 0 Å². The molecule has 1 N–H and O–H groups in total. The molecule has 0 heterocycles.